The van der Waals surface area contributed by atoms with Crippen molar-refractivity contribution in [2.75, 3.05) is 11.9 Å². The Morgan fingerprint density at radius 1 is 1.23 bits per heavy atom. The van der Waals surface area contributed by atoms with Crippen LogP contribution < -0.4 is 5.32 Å². The number of pyridine rings is 1. The second kappa shape index (κ2) is 11.5. The molecule has 0 saturated carbocycles. The lowest BCUT2D eigenvalue weighted by Gasteiger charge is -2.17. The summed E-state index contributed by atoms with van der Waals surface area (Å²) < 4.78 is 10.8. The van der Waals surface area contributed by atoms with Gasteiger partial charge in [0.15, 0.2) is 16.6 Å². The van der Waals surface area contributed by atoms with Gasteiger partial charge in [0.25, 0.3) is 0 Å². The zero-order chi connectivity index (χ0) is 23.3. The first-order chi connectivity index (χ1) is 16.6. The molecule has 4 aromatic heterocycles. The number of furan rings is 1. The summed E-state index contributed by atoms with van der Waals surface area (Å²) in [5.41, 5.74) is 2.34. The van der Waals surface area contributed by atoms with E-state index in [0.717, 1.165) is 48.6 Å². The monoisotopic (exact) mass is 515 g/mol. The van der Waals surface area contributed by atoms with E-state index in [-0.39, 0.29) is 24.7 Å². The molecule has 1 atom stereocenters. The van der Waals surface area contributed by atoms with Crippen molar-refractivity contribution in [1.29, 1.82) is 0 Å². The second-order valence-electron chi connectivity index (χ2n) is 8.34. The summed E-state index contributed by atoms with van der Waals surface area (Å²) in [6, 6.07) is 7.88. The molecule has 5 rings (SSSR count). The highest BCUT2D eigenvalue weighted by Gasteiger charge is 2.23. The average molecular weight is 516 g/mol. The van der Waals surface area contributed by atoms with Crippen molar-refractivity contribution < 1.29 is 18.8 Å². The highest BCUT2D eigenvalue weighted by Crippen LogP contribution is 2.33. The molecule has 0 fully saturated rings. The molecule has 0 bridgehead atoms. The molecule has 1 aliphatic rings. The van der Waals surface area contributed by atoms with E-state index >= 15 is 0 Å². The second-order valence-corrected chi connectivity index (χ2v) is 9.40. The van der Waals surface area contributed by atoms with Crippen LogP contribution in [0.5, 0.6) is 0 Å². The van der Waals surface area contributed by atoms with E-state index in [4.69, 9.17) is 13.9 Å². The molecule has 35 heavy (non-hydrogen) atoms. The molecule has 0 amide bonds. The highest BCUT2D eigenvalue weighted by atomic mass is 35.5. The summed E-state index contributed by atoms with van der Waals surface area (Å²) in [7, 11) is 0. The number of aromatic nitrogens is 4. The third-order valence-corrected chi connectivity index (χ3v) is 6.97. The fraction of sp³-hybridized carbons (Fsp3) is 0.375. The van der Waals surface area contributed by atoms with Crippen LogP contribution in [-0.4, -0.2) is 37.7 Å². The number of aliphatic carboxylic acids is 1. The molecule has 0 saturated heterocycles. The number of anilines is 1. The SMILES string of the molecule is Cl.O=C(O)CC(Cc1nc(CCCc2ccc3c(n2)NCCC3)no1)c1cnc(-c2ccco2)s1. The lowest BCUT2D eigenvalue weighted by molar-refractivity contribution is -0.137. The van der Waals surface area contributed by atoms with Gasteiger partial charge in [-0.05, 0) is 49.4 Å². The van der Waals surface area contributed by atoms with E-state index in [0.29, 0.717) is 35.3 Å². The van der Waals surface area contributed by atoms with Gasteiger partial charge in [-0.3, -0.25) is 4.79 Å². The lowest BCUT2D eigenvalue weighted by Crippen LogP contribution is -2.14. The molecule has 0 spiro atoms. The molecular weight excluding hydrogens is 490 g/mol. The van der Waals surface area contributed by atoms with Crippen LogP contribution in [0.25, 0.3) is 10.8 Å². The fourth-order valence-electron chi connectivity index (χ4n) is 4.09. The van der Waals surface area contributed by atoms with Crippen LogP contribution in [0.3, 0.4) is 0 Å². The number of carbonyl (C=O) groups is 1. The first-order valence-corrected chi connectivity index (χ1v) is 12.2. The molecule has 9 nitrogen and oxygen atoms in total. The Morgan fingerprint density at radius 2 is 2.14 bits per heavy atom. The summed E-state index contributed by atoms with van der Waals surface area (Å²) in [6.07, 6.45) is 8.17. The molecule has 1 unspecified atom stereocenters. The van der Waals surface area contributed by atoms with Crippen molar-refractivity contribution in [3.05, 3.63) is 64.6 Å². The maximum atomic E-state index is 11.5. The summed E-state index contributed by atoms with van der Waals surface area (Å²) in [5, 5.41) is 17.6. The standard InChI is InChI=1S/C24H25N5O4S.ClH/c30-22(31)13-16(19-14-26-24(34-19)18-6-3-11-32-18)12-21-28-20(29-33-21)7-1-5-17-9-8-15-4-2-10-25-23(15)27-17;/h3,6,8-9,11,14,16H,1-2,4-5,7,10,12-13H2,(H,25,27)(H,30,31);1H. The number of hydrogen-bond acceptors (Lipinski definition) is 9. The molecule has 2 N–H and O–H groups in total. The van der Waals surface area contributed by atoms with Crippen molar-refractivity contribution in [1.82, 2.24) is 20.1 Å². The van der Waals surface area contributed by atoms with E-state index < -0.39 is 5.97 Å². The largest absolute Gasteiger partial charge is 0.481 e. The third kappa shape index (κ3) is 6.26. The number of nitrogens with one attached hydrogen (secondary N) is 1. The quantitative estimate of drug-likeness (QED) is 0.302. The van der Waals surface area contributed by atoms with E-state index in [1.807, 2.05) is 6.07 Å². The molecule has 5 heterocycles. The Bertz CT molecular complexity index is 1260. The topological polar surface area (TPSA) is 127 Å². The van der Waals surface area contributed by atoms with Crippen LogP contribution in [0.4, 0.5) is 5.82 Å². The zero-order valence-corrected chi connectivity index (χ0v) is 20.6. The number of nitrogens with zero attached hydrogens (tertiary/aromatic N) is 4. The van der Waals surface area contributed by atoms with Crippen LogP contribution in [0.15, 0.2) is 45.7 Å². The van der Waals surface area contributed by atoms with Crippen LogP contribution in [0.2, 0.25) is 0 Å². The lowest BCUT2D eigenvalue weighted by atomic mass is 10.0. The average Bonchev–Trinajstić information content (AvgIpc) is 3.60. The summed E-state index contributed by atoms with van der Waals surface area (Å²) in [5.74, 6) is 1.54. The Labute approximate surface area is 212 Å². The van der Waals surface area contributed by atoms with Crippen molar-refractivity contribution in [3.8, 4) is 10.8 Å². The van der Waals surface area contributed by atoms with E-state index in [1.165, 1.54) is 16.9 Å². The Balaban J connectivity index is 0.00000289. The first-order valence-electron chi connectivity index (χ1n) is 11.4. The van der Waals surface area contributed by atoms with Crippen LogP contribution in [0.1, 0.15) is 53.0 Å². The van der Waals surface area contributed by atoms with Gasteiger partial charge in [0.1, 0.15) is 5.82 Å². The summed E-state index contributed by atoms with van der Waals surface area (Å²) >= 11 is 1.42. The molecule has 1 aliphatic heterocycles. The minimum absolute atomic E-state index is 0. The molecule has 11 heteroatoms. The maximum Gasteiger partial charge on any atom is 0.304 e. The number of carboxylic acid groups (broad SMARTS) is 1. The van der Waals surface area contributed by atoms with Gasteiger partial charge in [-0.15, -0.1) is 23.7 Å². The van der Waals surface area contributed by atoms with Crippen molar-refractivity contribution >= 4 is 35.5 Å². The number of aryl methyl sites for hydroxylation is 3. The normalized spacial score (nSPS) is 13.5. The Hall–Kier alpha value is -3.24. The van der Waals surface area contributed by atoms with Gasteiger partial charge < -0.3 is 19.4 Å². The molecule has 4 aromatic rings. The van der Waals surface area contributed by atoms with Crippen LogP contribution in [-0.2, 0) is 30.5 Å². The number of rotatable bonds is 10. The van der Waals surface area contributed by atoms with Gasteiger partial charge in [-0.1, -0.05) is 11.2 Å². The van der Waals surface area contributed by atoms with Gasteiger partial charge in [0.05, 0.1) is 12.7 Å². The number of hydrogen-bond donors (Lipinski definition) is 2. The zero-order valence-electron chi connectivity index (χ0n) is 19.0. The van der Waals surface area contributed by atoms with Crippen LogP contribution >= 0.6 is 23.7 Å². The van der Waals surface area contributed by atoms with E-state index in [9.17, 15) is 9.90 Å². The first kappa shape index (κ1) is 24.9. The predicted octanol–water partition coefficient (Wildman–Crippen LogP) is 4.94. The number of fused-ring (bicyclic) bond motifs is 1. The Morgan fingerprint density at radius 3 is 2.97 bits per heavy atom. The fourth-order valence-corrected chi connectivity index (χ4v) is 5.08. The predicted molar refractivity (Wildman–Crippen MR) is 133 cm³/mol. The van der Waals surface area contributed by atoms with Gasteiger partial charge in [-0.2, -0.15) is 4.98 Å². The van der Waals surface area contributed by atoms with Crippen LogP contribution in [0, 0.1) is 0 Å². The smallest absolute Gasteiger partial charge is 0.304 e. The molecular formula is C24H26ClN5O4S. The van der Waals surface area contributed by atoms with Crippen molar-refractivity contribution in [2.24, 2.45) is 0 Å². The van der Waals surface area contributed by atoms with Gasteiger partial charge in [0.2, 0.25) is 5.89 Å². The number of halogens is 1. The summed E-state index contributed by atoms with van der Waals surface area (Å²) in [6.45, 7) is 0.976. The minimum atomic E-state index is -0.885. The highest BCUT2D eigenvalue weighted by molar-refractivity contribution is 7.15. The van der Waals surface area contributed by atoms with Gasteiger partial charge in [0, 0.05) is 42.1 Å². The molecule has 0 aliphatic carbocycles. The molecule has 0 aromatic carbocycles. The van der Waals surface area contributed by atoms with Crippen molar-refractivity contribution in [2.45, 2.75) is 50.9 Å². The summed E-state index contributed by atoms with van der Waals surface area (Å²) in [4.78, 5) is 25.9. The van der Waals surface area contributed by atoms with E-state index in [1.54, 1.807) is 18.5 Å². The number of thiazole rings is 1. The molecule has 184 valence electrons. The minimum Gasteiger partial charge on any atom is -0.481 e. The van der Waals surface area contributed by atoms with Crippen molar-refractivity contribution in [3.63, 3.8) is 0 Å². The van der Waals surface area contributed by atoms with Gasteiger partial charge >= 0.3 is 5.97 Å². The third-order valence-electron chi connectivity index (χ3n) is 5.80. The molecule has 0 radical (unpaired) electrons. The Kier molecular flexibility index (Phi) is 8.14. The number of carboxylic acids is 1. The van der Waals surface area contributed by atoms with E-state index in [2.05, 4.69) is 32.6 Å². The van der Waals surface area contributed by atoms with Gasteiger partial charge in [-0.25, -0.2) is 9.97 Å². The maximum absolute atomic E-state index is 11.5.